The predicted molar refractivity (Wildman–Crippen MR) is 110 cm³/mol. The van der Waals surface area contributed by atoms with Crippen molar-refractivity contribution in [2.24, 2.45) is 0 Å². The molecule has 0 aromatic carbocycles. The summed E-state index contributed by atoms with van der Waals surface area (Å²) in [7, 11) is 0. The van der Waals surface area contributed by atoms with Gasteiger partial charge in [-0.25, -0.2) is 9.67 Å². The van der Waals surface area contributed by atoms with Crippen molar-refractivity contribution in [1.29, 1.82) is 0 Å². The van der Waals surface area contributed by atoms with E-state index in [9.17, 15) is 0 Å². The zero-order chi connectivity index (χ0) is 19.8. The van der Waals surface area contributed by atoms with E-state index in [4.69, 9.17) is 5.10 Å². The van der Waals surface area contributed by atoms with Crippen LogP contribution >= 0.6 is 0 Å². The summed E-state index contributed by atoms with van der Waals surface area (Å²) in [6.07, 6.45) is 11.1. The van der Waals surface area contributed by atoms with Crippen LogP contribution in [-0.4, -0.2) is 24.3 Å². The molecular formula is C23H24N5Pt-. The predicted octanol–water partition coefficient (Wildman–Crippen LogP) is 4.51. The number of hydrogen-bond donors (Lipinski definition) is 0. The zero-order valence-electron chi connectivity index (χ0n) is 17.0. The molecule has 0 saturated heterocycles. The van der Waals surface area contributed by atoms with Crippen LogP contribution in [0.2, 0.25) is 0 Å². The van der Waals surface area contributed by atoms with Crippen LogP contribution in [0.25, 0.3) is 11.6 Å². The van der Waals surface area contributed by atoms with Gasteiger partial charge in [0.2, 0.25) is 0 Å². The summed E-state index contributed by atoms with van der Waals surface area (Å²) in [6, 6.07) is 15.9. The molecule has 0 saturated carbocycles. The number of nitrogens with zero attached hydrogens (tertiary/aromatic N) is 5. The Morgan fingerprint density at radius 1 is 0.759 bits per heavy atom. The van der Waals surface area contributed by atoms with Gasteiger partial charge in [-0.3, -0.25) is 4.98 Å². The van der Waals surface area contributed by atoms with Gasteiger partial charge < -0.3 is 4.57 Å². The van der Waals surface area contributed by atoms with Crippen LogP contribution in [0.5, 0.6) is 0 Å². The number of rotatable bonds is 5. The van der Waals surface area contributed by atoms with Gasteiger partial charge in [0.15, 0.2) is 5.82 Å². The van der Waals surface area contributed by atoms with Crippen LogP contribution in [0.4, 0.5) is 0 Å². The maximum Gasteiger partial charge on any atom is 0.153 e. The van der Waals surface area contributed by atoms with Gasteiger partial charge in [-0.05, 0) is 29.7 Å². The summed E-state index contributed by atoms with van der Waals surface area (Å²) in [5, 5.41) is 4.83. The standard InChI is InChI=1S/C23H24N5.Pt/c1-22(2,18-11-15-27(17-18)20-9-5-7-13-24-20)23(3,4)19-12-16-28(26-19)21-10-6-8-14-25-21;/h5-16H,1-4H3;/q-1;. The number of pyridine rings is 2. The first kappa shape index (κ1) is 21.2. The summed E-state index contributed by atoms with van der Waals surface area (Å²) in [4.78, 5) is 8.80. The Hall–Kier alpha value is -2.52. The topological polar surface area (TPSA) is 48.5 Å². The number of aromatic nitrogens is 5. The van der Waals surface area contributed by atoms with E-state index in [2.05, 4.69) is 56.0 Å². The normalized spacial score (nSPS) is 11.9. The largest absolute Gasteiger partial charge is 0.435 e. The van der Waals surface area contributed by atoms with Crippen LogP contribution in [0, 0.1) is 6.20 Å². The summed E-state index contributed by atoms with van der Waals surface area (Å²) >= 11 is 0. The Morgan fingerprint density at radius 3 is 2.03 bits per heavy atom. The third-order valence-electron chi connectivity index (χ3n) is 5.88. The van der Waals surface area contributed by atoms with Crippen molar-refractivity contribution in [2.45, 2.75) is 38.5 Å². The molecular weight excluding hydrogens is 541 g/mol. The van der Waals surface area contributed by atoms with Gasteiger partial charge >= 0.3 is 0 Å². The van der Waals surface area contributed by atoms with Gasteiger partial charge in [0.25, 0.3) is 0 Å². The SMILES string of the molecule is CC(C)(c1[c-]n(-c2ccccn2)cc1)C(C)(C)c1ccn(-c2ccccn2)n1.[Pt]. The van der Waals surface area contributed by atoms with Crippen LogP contribution in [0.1, 0.15) is 39.0 Å². The first-order chi connectivity index (χ1) is 13.4. The van der Waals surface area contributed by atoms with Crippen LogP contribution < -0.4 is 0 Å². The molecule has 6 heteroatoms. The first-order valence-corrected chi connectivity index (χ1v) is 9.40. The molecule has 4 heterocycles. The van der Waals surface area contributed by atoms with Crippen LogP contribution in [0.15, 0.2) is 73.3 Å². The van der Waals surface area contributed by atoms with Crippen molar-refractivity contribution in [3.05, 3.63) is 90.8 Å². The third-order valence-corrected chi connectivity index (χ3v) is 5.88. The molecule has 4 rings (SSSR count). The molecule has 4 aromatic heterocycles. The molecule has 0 aliphatic rings. The van der Waals surface area contributed by atoms with Gasteiger partial charge in [-0.15, -0.1) is 11.8 Å². The van der Waals surface area contributed by atoms with Gasteiger partial charge in [0.1, 0.15) is 0 Å². The minimum absolute atomic E-state index is 0. The smallest absolute Gasteiger partial charge is 0.153 e. The van der Waals surface area contributed by atoms with Crippen molar-refractivity contribution in [3.8, 4) is 11.6 Å². The Labute approximate surface area is 186 Å². The Kier molecular flexibility index (Phi) is 5.90. The molecule has 0 atom stereocenters. The van der Waals surface area contributed by atoms with E-state index in [-0.39, 0.29) is 31.9 Å². The Morgan fingerprint density at radius 2 is 1.41 bits per heavy atom. The average Bonchev–Trinajstić information content (AvgIpc) is 3.40. The Bertz CT molecular complexity index is 977. The molecule has 0 fully saturated rings. The monoisotopic (exact) mass is 565 g/mol. The molecule has 152 valence electrons. The van der Waals surface area contributed by atoms with Gasteiger partial charge in [0, 0.05) is 45.1 Å². The van der Waals surface area contributed by atoms with Crippen molar-refractivity contribution in [2.75, 3.05) is 0 Å². The molecule has 29 heavy (non-hydrogen) atoms. The fourth-order valence-corrected chi connectivity index (χ4v) is 3.26. The van der Waals surface area contributed by atoms with E-state index in [1.165, 1.54) is 0 Å². The van der Waals surface area contributed by atoms with E-state index in [1.807, 2.05) is 58.0 Å². The maximum absolute atomic E-state index is 4.83. The molecule has 0 aliphatic carbocycles. The summed E-state index contributed by atoms with van der Waals surface area (Å²) in [6.45, 7) is 8.93. The van der Waals surface area contributed by atoms with E-state index in [1.54, 1.807) is 12.4 Å². The molecule has 0 bridgehead atoms. The van der Waals surface area contributed by atoms with Crippen molar-refractivity contribution >= 4 is 0 Å². The molecule has 4 aromatic rings. The molecule has 0 aliphatic heterocycles. The van der Waals surface area contributed by atoms with E-state index in [0.717, 1.165) is 22.9 Å². The van der Waals surface area contributed by atoms with Crippen molar-refractivity contribution in [3.63, 3.8) is 0 Å². The quantitative estimate of drug-likeness (QED) is 0.335. The molecule has 0 N–H and O–H groups in total. The van der Waals surface area contributed by atoms with Gasteiger partial charge in [-0.2, -0.15) is 11.2 Å². The molecule has 0 radical (unpaired) electrons. The molecule has 0 spiro atoms. The Balaban J connectivity index is 0.00000240. The molecule has 0 unspecified atom stereocenters. The molecule has 0 amide bonds. The van der Waals surface area contributed by atoms with E-state index < -0.39 is 0 Å². The first-order valence-electron chi connectivity index (χ1n) is 9.40. The zero-order valence-corrected chi connectivity index (χ0v) is 19.3. The van der Waals surface area contributed by atoms with E-state index >= 15 is 0 Å². The summed E-state index contributed by atoms with van der Waals surface area (Å²) < 4.78 is 3.77. The van der Waals surface area contributed by atoms with Crippen LogP contribution in [0.3, 0.4) is 0 Å². The summed E-state index contributed by atoms with van der Waals surface area (Å²) in [5.41, 5.74) is 1.72. The number of hydrogen-bond acceptors (Lipinski definition) is 3. The second kappa shape index (κ2) is 8.08. The minimum Gasteiger partial charge on any atom is -0.435 e. The minimum atomic E-state index is -0.222. The third kappa shape index (κ3) is 3.84. The fraction of sp³-hybridized carbons (Fsp3) is 0.261. The second-order valence-electron chi connectivity index (χ2n) is 7.98. The summed E-state index contributed by atoms with van der Waals surface area (Å²) in [5.74, 6) is 1.68. The second-order valence-corrected chi connectivity index (χ2v) is 7.98. The molecule has 5 nitrogen and oxygen atoms in total. The van der Waals surface area contributed by atoms with Crippen molar-refractivity contribution in [1.82, 2.24) is 24.3 Å². The fourth-order valence-electron chi connectivity index (χ4n) is 3.26. The van der Waals surface area contributed by atoms with Gasteiger partial charge in [0.05, 0.1) is 11.5 Å². The van der Waals surface area contributed by atoms with E-state index in [0.29, 0.717) is 0 Å². The van der Waals surface area contributed by atoms with Crippen molar-refractivity contribution < 1.29 is 21.1 Å². The van der Waals surface area contributed by atoms with Crippen LogP contribution in [-0.2, 0) is 31.9 Å². The van der Waals surface area contributed by atoms with Gasteiger partial charge in [-0.1, -0.05) is 52.1 Å². The maximum atomic E-state index is 4.83. The average molecular weight is 566 g/mol.